The van der Waals surface area contributed by atoms with Gasteiger partial charge < -0.3 is 10.8 Å². The summed E-state index contributed by atoms with van der Waals surface area (Å²) in [5.41, 5.74) is 6.05. The lowest BCUT2D eigenvalue weighted by Crippen LogP contribution is -2.37. The van der Waals surface area contributed by atoms with E-state index in [1.807, 2.05) is 0 Å². The van der Waals surface area contributed by atoms with Crippen LogP contribution in [0.1, 0.15) is 11.7 Å². The first kappa shape index (κ1) is 9.47. The Labute approximate surface area is 86.5 Å². The van der Waals surface area contributed by atoms with Gasteiger partial charge in [0.1, 0.15) is 12.1 Å². The minimum atomic E-state index is -0.524. The van der Waals surface area contributed by atoms with Gasteiger partial charge in [-0.1, -0.05) is 18.2 Å². The molecule has 0 radical (unpaired) electrons. The first-order valence-corrected chi connectivity index (χ1v) is 4.37. The number of hydrazine groups is 1. The molecule has 1 aliphatic rings. The predicted octanol–water partition coefficient (Wildman–Crippen LogP) is -0.0769. The molecule has 0 amide bonds. The van der Waals surface area contributed by atoms with Gasteiger partial charge in [-0.2, -0.15) is 0 Å². The number of aromatic hydroxyl groups is 1. The van der Waals surface area contributed by atoms with Gasteiger partial charge in [0, 0.05) is 5.56 Å². The highest BCUT2D eigenvalue weighted by atomic mass is 16.3. The summed E-state index contributed by atoms with van der Waals surface area (Å²) in [5, 5.41) is 10.9. The van der Waals surface area contributed by atoms with Gasteiger partial charge in [0.15, 0.2) is 6.17 Å². The first-order valence-electron chi connectivity index (χ1n) is 4.37. The number of hydrogen-bond acceptors (Lipinski definition) is 6. The highest BCUT2D eigenvalue weighted by Gasteiger charge is 2.20. The molecule has 1 heterocycles. The SMILES string of the molecule is NC1=NC(c2ccccc2O)N(N)C=N1. The number of guanidine groups is 1. The third-order valence-corrected chi connectivity index (χ3v) is 2.08. The highest BCUT2D eigenvalue weighted by Crippen LogP contribution is 2.28. The largest absolute Gasteiger partial charge is 0.508 e. The molecule has 78 valence electrons. The van der Waals surface area contributed by atoms with Crippen molar-refractivity contribution in [2.45, 2.75) is 6.17 Å². The number of nitrogens with zero attached hydrogens (tertiary/aromatic N) is 3. The van der Waals surface area contributed by atoms with E-state index in [-0.39, 0.29) is 11.7 Å². The number of phenolic OH excluding ortho intramolecular Hbond substituents is 1. The predicted molar refractivity (Wildman–Crippen MR) is 57.0 cm³/mol. The topological polar surface area (TPSA) is 100 Å². The lowest BCUT2D eigenvalue weighted by molar-refractivity contribution is 0.331. The van der Waals surface area contributed by atoms with E-state index in [2.05, 4.69) is 9.98 Å². The maximum atomic E-state index is 9.63. The zero-order chi connectivity index (χ0) is 10.8. The number of rotatable bonds is 1. The van der Waals surface area contributed by atoms with E-state index in [1.54, 1.807) is 24.3 Å². The fourth-order valence-electron chi connectivity index (χ4n) is 1.35. The summed E-state index contributed by atoms with van der Waals surface area (Å²) >= 11 is 0. The zero-order valence-electron chi connectivity index (χ0n) is 7.91. The molecule has 2 rings (SSSR count). The highest BCUT2D eigenvalue weighted by molar-refractivity contribution is 5.87. The Morgan fingerprint density at radius 1 is 1.33 bits per heavy atom. The zero-order valence-corrected chi connectivity index (χ0v) is 7.91. The molecule has 0 fully saturated rings. The smallest absolute Gasteiger partial charge is 0.219 e. The summed E-state index contributed by atoms with van der Waals surface area (Å²) < 4.78 is 0. The molecule has 0 saturated carbocycles. The van der Waals surface area contributed by atoms with Crippen LogP contribution in [0.4, 0.5) is 0 Å². The Morgan fingerprint density at radius 2 is 2.07 bits per heavy atom. The number of benzene rings is 1. The van der Waals surface area contributed by atoms with Crippen LogP contribution >= 0.6 is 0 Å². The van der Waals surface area contributed by atoms with E-state index in [1.165, 1.54) is 11.3 Å². The summed E-state index contributed by atoms with van der Waals surface area (Å²) in [6, 6.07) is 6.82. The summed E-state index contributed by atoms with van der Waals surface area (Å²) in [4.78, 5) is 7.77. The number of phenols is 1. The Kier molecular flexibility index (Phi) is 2.26. The molecular formula is C9H11N5O. The van der Waals surface area contributed by atoms with Crippen LogP contribution in [-0.2, 0) is 0 Å². The summed E-state index contributed by atoms with van der Waals surface area (Å²) in [7, 11) is 0. The molecule has 0 spiro atoms. The quantitative estimate of drug-likeness (QED) is 0.558. The second-order valence-corrected chi connectivity index (χ2v) is 3.11. The molecule has 1 aromatic rings. The van der Waals surface area contributed by atoms with Gasteiger partial charge in [0.2, 0.25) is 5.96 Å². The van der Waals surface area contributed by atoms with Gasteiger partial charge in [-0.05, 0) is 6.07 Å². The van der Waals surface area contributed by atoms with Crippen LogP contribution in [0.5, 0.6) is 5.75 Å². The van der Waals surface area contributed by atoms with Gasteiger partial charge >= 0.3 is 0 Å². The third kappa shape index (κ3) is 1.75. The molecule has 0 aromatic heterocycles. The van der Waals surface area contributed by atoms with Crippen molar-refractivity contribution in [3.05, 3.63) is 29.8 Å². The molecule has 15 heavy (non-hydrogen) atoms. The van der Waals surface area contributed by atoms with E-state index < -0.39 is 6.17 Å². The van der Waals surface area contributed by atoms with Crippen LogP contribution in [-0.4, -0.2) is 22.4 Å². The maximum absolute atomic E-state index is 9.63. The fourth-order valence-corrected chi connectivity index (χ4v) is 1.35. The maximum Gasteiger partial charge on any atom is 0.219 e. The Hall–Kier alpha value is -2.08. The normalized spacial score (nSPS) is 20.2. The van der Waals surface area contributed by atoms with E-state index >= 15 is 0 Å². The summed E-state index contributed by atoms with van der Waals surface area (Å²) in [5.74, 6) is 5.93. The van der Waals surface area contributed by atoms with Crippen molar-refractivity contribution in [3.8, 4) is 5.75 Å². The van der Waals surface area contributed by atoms with Crippen LogP contribution in [0.25, 0.3) is 0 Å². The molecule has 0 saturated heterocycles. The molecule has 0 aliphatic carbocycles. The lowest BCUT2D eigenvalue weighted by Gasteiger charge is -2.25. The third-order valence-electron chi connectivity index (χ3n) is 2.08. The minimum Gasteiger partial charge on any atom is -0.508 e. The summed E-state index contributed by atoms with van der Waals surface area (Å²) in [6.07, 6.45) is 0.850. The number of nitrogens with two attached hydrogens (primary N) is 2. The van der Waals surface area contributed by atoms with Crippen LogP contribution in [0, 0.1) is 0 Å². The second-order valence-electron chi connectivity index (χ2n) is 3.11. The first-order chi connectivity index (χ1) is 7.18. The van der Waals surface area contributed by atoms with Crippen molar-refractivity contribution < 1.29 is 5.11 Å². The average molecular weight is 205 g/mol. The molecule has 1 aromatic carbocycles. The van der Waals surface area contributed by atoms with Crippen molar-refractivity contribution in [1.82, 2.24) is 5.01 Å². The minimum absolute atomic E-state index is 0.129. The Balaban J connectivity index is 2.39. The lowest BCUT2D eigenvalue weighted by atomic mass is 10.1. The van der Waals surface area contributed by atoms with Crippen LogP contribution < -0.4 is 11.6 Å². The molecule has 1 atom stereocenters. The van der Waals surface area contributed by atoms with Crippen molar-refractivity contribution >= 4 is 12.3 Å². The van der Waals surface area contributed by atoms with Crippen molar-refractivity contribution in [2.24, 2.45) is 21.6 Å². The van der Waals surface area contributed by atoms with Gasteiger partial charge in [-0.3, -0.25) is 5.01 Å². The fraction of sp³-hybridized carbons (Fsp3) is 0.111. The van der Waals surface area contributed by atoms with Crippen LogP contribution in [0.15, 0.2) is 34.3 Å². The van der Waals surface area contributed by atoms with E-state index in [9.17, 15) is 5.11 Å². The van der Waals surface area contributed by atoms with Gasteiger partial charge in [0.05, 0.1) is 0 Å². The van der Waals surface area contributed by atoms with Crippen LogP contribution in [0.2, 0.25) is 0 Å². The van der Waals surface area contributed by atoms with Gasteiger partial charge in [-0.25, -0.2) is 15.8 Å². The average Bonchev–Trinajstić information content (AvgIpc) is 2.23. The molecule has 5 N–H and O–H groups in total. The number of hydrogen-bond donors (Lipinski definition) is 3. The van der Waals surface area contributed by atoms with Crippen LogP contribution in [0.3, 0.4) is 0 Å². The van der Waals surface area contributed by atoms with Gasteiger partial charge in [0.25, 0.3) is 0 Å². The summed E-state index contributed by atoms with van der Waals surface area (Å²) in [6.45, 7) is 0. The number of para-hydroxylation sites is 1. The molecule has 1 unspecified atom stereocenters. The number of aliphatic imine (C=N–C) groups is 2. The van der Waals surface area contributed by atoms with E-state index in [0.717, 1.165) is 0 Å². The molecular weight excluding hydrogens is 194 g/mol. The monoisotopic (exact) mass is 205 g/mol. The Morgan fingerprint density at radius 3 is 2.80 bits per heavy atom. The van der Waals surface area contributed by atoms with Crippen molar-refractivity contribution in [1.29, 1.82) is 0 Å². The van der Waals surface area contributed by atoms with E-state index in [0.29, 0.717) is 5.56 Å². The molecule has 6 nitrogen and oxygen atoms in total. The molecule has 1 aliphatic heterocycles. The Bertz CT molecular complexity index is 428. The second kappa shape index (κ2) is 3.58. The van der Waals surface area contributed by atoms with Gasteiger partial charge in [-0.15, -0.1) is 0 Å². The standard InChI is InChI=1S/C9H11N5O/c10-9-12-5-14(11)8(13-9)6-3-1-2-4-7(6)15/h1-5,8,15H,11H2,(H2,10,13). The van der Waals surface area contributed by atoms with Crippen molar-refractivity contribution in [2.75, 3.05) is 0 Å². The molecule has 0 bridgehead atoms. The van der Waals surface area contributed by atoms with E-state index in [4.69, 9.17) is 11.6 Å². The van der Waals surface area contributed by atoms with Crippen molar-refractivity contribution in [3.63, 3.8) is 0 Å². The molecule has 6 heteroatoms.